The highest BCUT2D eigenvalue weighted by atomic mass is 32.2. The molecule has 68 valence electrons. The van der Waals surface area contributed by atoms with Crippen molar-refractivity contribution in [2.24, 2.45) is 0 Å². The fourth-order valence-electron chi connectivity index (χ4n) is 0.648. The normalized spacial score (nSPS) is 12.0. The Morgan fingerprint density at radius 1 is 1.67 bits per heavy atom. The largest absolute Gasteiger partial charge is 0.395 e. The second-order valence-corrected chi connectivity index (χ2v) is 6.09. The molecule has 0 bridgehead atoms. The fourth-order valence-corrected chi connectivity index (χ4v) is 2.91. The van der Waals surface area contributed by atoms with E-state index < -0.39 is 0 Å². The summed E-state index contributed by atoms with van der Waals surface area (Å²) >= 11 is 3.26. The lowest BCUT2D eigenvalue weighted by Crippen LogP contribution is -2.19. The van der Waals surface area contributed by atoms with Crippen LogP contribution in [0.4, 0.5) is 0 Å². The molecule has 4 heteroatoms. The summed E-state index contributed by atoms with van der Waals surface area (Å²) < 4.78 is 0.913. The number of aliphatic hydroxyl groups is 1. The molecular formula is C8H13NOS2. The van der Waals surface area contributed by atoms with Gasteiger partial charge in [-0.1, -0.05) is 11.8 Å². The Morgan fingerprint density at radius 3 is 2.75 bits per heavy atom. The Kier molecular flexibility index (Phi) is 3.15. The quantitative estimate of drug-likeness (QED) is 0.765. The van der Waals surface area contributed by atoms with Crippen molar-refractivity contribution >= 4 is 23.1 Å². The number of aliphatic hydroxyl groups excluding tert-OH is 1. The summed E-state index contributed by atoms with van der Waals surface area (Å²) in [6.45, 7) is 6.17. The van der Waals surface area contributed by atoms with Crippen molar-refractivity contribution in [3.05, 3.63) is 11.1 Å². The Balaban J connectivity index is 2.63. The third kappa shape index (κ3) is 2.77. The first-order valence-corrected chi connectivity index (χ1v) is 5.45. The van der Waals surface area contributed by atoms with Crippen molar-refractivity contribution in [3.8, 4) is 0 Å². The van der Waals surface area contributed by atoms with E-state index in [0.717, 1.165) is 10.0 Å². The highest BCUT2D eigenvalue weighted by Crippen LogP contribution is 2.33. The minimum absolute atomic E-state index is 0.121. The van der Waals surface area contributed by atoms with Gasteiger partial charge in [-0.15, -0.1) is 11.3 Å². The van der Waals surface area contributed by atoms with Gasteiger partial charge in [0.2, 0.25) is 0 Å². The number of thioether (sulfide) groups is 1. The van der Waals surface area contributed by atoms with Gasteiger partial charge in [0.05, 0.1) is 6.61 Å². The second-order valence-electron chi connectivity index (χ2n) is 3.27. The van der Waals surface area contributed by atoms with Gasteiger partial charge in [0.15, 0.2) is 4.34 Å². The zero-order valence-electron chi connectivity index (χ0n) is 7.50. The van der Waals surface area contributed by atoms with E-state index in [1.807, 2.05) is 26.2 Å². The van der Waals surface area contributed by atoms with Crippen molar-refractivity contribution < 1.29 is 5.11 Å². The molecule has 2 nitrogen and oxygen atoms in total. The lowest BCUT2D eigenvalue weighted by atomic mass is 10.2. The third-order valence-corrected chi connectivity index (χ3v) is 3.58. The minimum Gasteiger partial charge on any atom is -0.395 e. The molecular weight excluding hydrogens is 190 g/mol. The van der Waals surface area contributed by atoms with Gasteiger partial charge in [-0.05, 0) is 20.8 Å². The molecule has 1 aromatic rings. The van der Waals surface area contributed by atoms with E-state index in [9.17, 15) is 0 Å². The molecule has 0 aliphatic heterocycles. The van der Waals surface area contributed by atoms with Crippen molar-refractivity contribution in [1.82, 2.24) is 4.98 Å². The summed E-state index contributed by atoms with van der Waals surface area (Å²) in [6, 6.07) is 0. The molecule has 0 aliphatic rings. The van der Waals surface area contributed by atoms with Crippen molar-refractivity contribution in [2.75, 3.05) is 6.61 Å². The van der Waals surface area contributed by atoms with E-state index in [1.54, 1.807) is 23.1 Å². The van der Waals surface area contributed by atoms with Crippen LogP contribution < -0.4 is 0 Å². The molecule has 1 heterocycles. The van der Waals surface area contributed by atoms with Gasteiger partial charge in [0, 0.05) is 15.8 Å². The van der Waals surface area contributed by atoms with Gasteiger partial charge >= 0.3 is 0 Å². The van der Waals surface area contributed by atoms with E-state index >= 15 is 0 Å². The molecule has 0 radical (unpaired) electrons. The van der Waals surface area contributed by atoms with Crippen LogP contribution in [0.5, 0.6) is 0 Å². The predicted octanol–water partition coefficient (Wildman–Crippen LogP) is 2.31. The van der Waals surface area contributed by atoms with E-state index in [0.29, 0.717) is 0 Å². The van der Waals surface area contributed by atoms with E-state index in [1.165, 1.54) is 0 Å². The molecule has 0 amide bonds. The Labute approximate surface area is 81.0 Å². The van der Waals surface area contributed by atoms with Crippen LogP contribution in [0.1, 0.15) is 19.5 Å². The van der Waals surface area contributed by atoms with E-state index in [4.69, 9.17) is 5.11 Å². The average Bonchev–Trinajstić information content (AvgIpc) is 2.35. The van der Waals surface area contributed by atoms with Gasteiger partial charge in [0.25, 0.3) is 0 Å². The molecule has 1 N–H and O–H groups in total. The van der Waals surface area contributed by atoms with Gasteiger partial charge in [-0.3, -0.25) is 0 Å². The summed E-state index contributed by atoms with van der Waals surface area (Å²) in [5, 5.41) is 11.0. The molecule has 0 saturated heterocycles. The predicted molar refractivity (Wildman–Crippen MR) is 53.9 cm³/mol. The molecule has 0 aliphatic carbocycles. The summed E-state index contributed by atoms with van der Waals surface area (Å²) in [4.78, 5) is 4.31. The molecule has 1 aromatic heterocycles. The SMILES string of the molecule is Cc1csc(SC(C)(C)CO)n1. The number of hydrogen-bond acceptors (Lipinski definition) is 4. The van der Waals surface area contributed by atoms with Gasteiger partial charge < -0.3 is 5.11 Å². The minimum atomic E-state index is -0.121. The van der Waals surface area contributed by atoms with Crippen LogP contribution in [-0.4, -0.2) is 21.4 Å². The second kappa shape index (κ2) is 3.77. The average molecular weight is 203 g/mol. The van der Waals surface area contributed by atoms with Gasteiger partial charge in [-0.2, -0.15) is 0 Å². The Morgan fingerprint density at radius 2 is 2.33 bits per heavy atom. The number of rotatable bonds is 3. The summed E-state index contributed by atoms with van der Waals surface area (Å²) in [7, 11) is 0. The molecule has 0 aromatic carbocycles. The summed E-state index contributed by atoms with van der Waals surface area (Å²) in [6.07, 6.45) is 0. The highest BCUT2D eigenvalue weighted by Gasteiger charge is 2.19. The maximum Gasteiger partial charge on any atom is 0.150 e. The Bertz CT molecular complexity index is 257. The van der Waals surface area contributed by atoms with Crippen molar-refractivity contribution in [3.63, 3.8) is 0 Å². The maximum atomic E-state index is 9.02. The molecule has 0 unspecified atom stereocenters. The van der Waals surface area contributed by atoms with Crippen LogP contribution in [0.2, 0.25) is 0 Å². The van der Waals surface area contributed by atoms with Gasteiger partial charge in [-0.25, -0.2) is 4.98 Å². The van der Waals surface area contributed by atoms with Crippen LogP contribution in [0.3, 0.4) is 0 Å². The Hall–Kier alpha value is -0.0600. The molecule has 1 rings (SSSR count). The van der Waals surface area contributed by atoms with Crippen LogP contribution in [0, 0.1) is 6.92 Å². The van der Waals surface area contributed by atoms with Crippen LogP contribution in [0.15, 0.2) is 9.72 Å². The molecule has 0 saturated carbocycles. The molecule has 0 spiro atoms. The lowest BCUT2D eigenvalue weighted by molar-refractivity contribution is 0.265. The first-order chi connectivity index (χ1) is 5.53. The highest BCUT2D eigenvalue weighted by molar-refractivity contribution is 8.02. The van der Waals surface area contributed by atoms with Crippen LogP contribution in [0.25, 0.3) is 0 Å². The summed E-state index contributed by atoms with van der Waals surface area (Å²) in [5.41, 5.74) is 1.05. The zero-order valence-corrected chi connectivity index (χ0v) is 9.13. The van der Waals surface area contributed by atoms with E-state index in [2.05, 4.69) is 4.98 Å². The van der Waals surface area contributed by atoms with Crippen LogP contribution in [-0.2, 0) is 0 Å². The van der Waals surface area contributed by atoms with E-state index in [-0.39, 0.29) is 11.4 Å². The first kappa shape index (κ1) is 10.0. The number of nitrogens with zero attached hydrogens (tertiary/aromatic N) is 1. The lowest BCUT2D eigenvalue weighted by Gasteiger charge is -2.18. The third-order valence-electron chi connectivity index (χ3n) is 1.34. The van der Waals surface area contributed by atoms with Crippen molar-refractivity contribution in [2.45, 2.75) is 29.9 Å². The maximum absolute atomic E-state index is 9.02. The van der Waals surface area contributed by atoms with Gasteiger partial charge in [0.1, 0.15) is 0 Å². The number of thiazole rings is 1. The van der Waals surface area contributed by atoms with Crippen molar-refractivity contribution in [1.29, 1.82) is 0 Å². The number of hydrogen-bond donors (Lipinski definition) is 1. The summed E-state index contributed by atoms with van der Waals surface area (Å²) in [5.74, 6) is 0. The number of aryl methyl sites for hydroxylation is 1. The zero-order chi connectivity index (χ0) is 9.19. The molecule has 0 atom stereocenters. The smallest absolute Gasteiger partial charge is 0.150 e. The molecule has 12 heavy (non-hydrogen) atoms. The fraction of sp³-hybridized carbons (Fsp3) is 0.625. The standard InChI is InChI=1S/C8H13NOS2/c1-6-4-11-7(9-6)12-8(2,3)5-10/h4,10H,5H2,1-3H3. The first-order valence-electron chi connectivity index (χ1n) is 3.75. The molecule has 0 fully saturated rings. The number of aromatic nitrogens is 1. The monoisotopic (exact) mass is 203 g/mol. The topological polar surface area (TPSA) is 33.1 Å². The van der Waals surface area contributed by atoms with Crippen LogP contribution >= 0.6 is 23.1 Å².